The largest absolute Gasteiger partial charge is 0.317 e. The number of carbonyl (C=O) groups excluding carboxylic acids is 1. The van der Waals surface area contributed by atoms with E-state index >= 15 is 0 Å². The van der Waals surface area contributed by atoms with Crippen LogP contribution in [-0.2, 0) is 6.42 Å². The fourth-order valence-corrected chi connectivity index (χ4v) is 2.06. The second-order valence-corrected chi connectivity index (χ2v) is 3.93. The van der Waals surface area contributed by atoms with Crippen molar-refractivity contribution in [3.05, 3.63) is 18.2 Å². The van der Waals surface area contributed by atoms with Crippen molar-refractivity contribution in [2.45, 2.75) is 26.2 Å². The van der Waals surface area contributed by atoms with Crippen LogP contribution in [0.3, 0.4) is 0 Å². The van der Waals surface area contributed by atoms with E-state index < -0.39 is 0 Å². The van der Waals surface area contributed by atoms with Crippen LogP contribution >= 0.6 is 0 Å². The van der Waals surface area contributed by atoms with Crippen molar-refractivity contribution < 1.29 is 4.79 Å². The van der Waals surface area contributed by atoms with E-state index in [-0.39, 0.29) is 11.8 Å². The van der Waals surface area contributed by atoms with Gasteiger partial charge >= 0.3 is 0 Å². The van der Waals surface area contributed by atoms with Gasteiger partial charge in [-0.15, -0.1) is 0 Å². The SMILES string of the molecule is CCc1nccn1C(=O)C1CCNCC1. The summed E-state index contributed by atoms with van der Waals surface area (Å²) < 4.78 is 1.72. The Labute approximate surface area is 89.7 Å². The minimum absolute atomic E-state index is 0.172. The molecule has 1 N–H and O–H groups in total. The Morgan fingerprint density at radius 3 is 3.00 bits per heavy atom. The van der Waals surface area contributed by atoms with Gasteiger partial charge in [-0.2, -0.15) is 0 Å². The van der Waals surface area contributed by atoms with Crippen LogP contribution in [-0.4, -0.2) is 28.5 Å². The maximum atomic E-state index is 12.1. The van der Waals surface area contributed by atoms with E-state index in [9.17, 15) is 4.79 Å². The van der Waals surface area contributed by atoms with Crippen LogP contribution in [0.1, 0.15) is 30.4 Å². The molecule has 1 fully saturated rings. The number of piperidine rings is 1. The third-order valence-corrected chi connectivity index (χ3v) is 2.96. The molecule has 4 nitrogen and oxygen atoms in total. The molecule has 2 rings (SSSR count). The highest BCUT2D eigenvalue weighted by Gasteiger charge is 2.23. The van der Waals surface area contributed by atoms with E-state index in [0.29, 0.717) is 0 Å². The lowest BCUT2D eigenvalue weighted by molar-refractivity contribution is 0.0804. The molecule has 1 aliphatic rings. The molecule has 0 bridgehead atoms. The van der Waals surface area contributed by atoms with Gasteiger partial charge in [0.25, 0.3) is 0 Å². The van der Waals surface area contributed by atoms with Gasteiger partial charge in [0.05, 0.1) is 0 Å². The monoisotopic (exact) mass is 207 g/mol. The molecule has 82 valence electrons. The summed E-state index contributed by atoms with van der Waals surface area (Å²) in [5.41, 5.74) is 0. The van der Waals surface area contributed by atoms with Gasteiger partial charge in [0.1, 0.15) is 5.82 Å². The molecule has 0 spiro atoms. The first-order valence-corrected chi connectivity index (χ1v) is 5.60. The summed E-state index contributed by atoms with van der Waals surface area (Å²) in [4.78, 5) is 16.3. The molecular formula is C11H17N3O. The van der Waals surface area contributed by atoms with Crippen molar-refractivity contribution >= 4 is 5.91 Å². The predicted octanol–water partition coefficient (Wildman–Crippen LogP) is 1.09. The molecule has 2 heterocycles. The van der Waals surface area contributed by atoms with E-state index in [1.165, 1.54) is 0 Å². The topological polar surface area (TPSA) is 46.9 Å². The van der Waals surface area contributed by atoms with Gasteiger partial charge in [0.15, 0.2) is 0 Å². The van der Waals surface area contributed by atoms with Crippen molar-refractivity contribution in [2.75, 3.05) is 13.1 Å². The maximum Gasteiger partial charge on any atom is 0.235 e. The number of imidazole rings is 1. The molecule has 1 aliphatic heterocycles. The van der Waals surface area contributed by atoms with Crippen LogP contribution < -0.4 is 5.32 Å². The van der Waals surface area contributed by atoms with Crippen molar-refractivity contribution in [1.82, 2.24) is 14.9 Å². The third-order valence-electron chi connectivity index (χ3n) is 2.96. The normalized spacial score (nSPS) is 17.9. The number of carbonyl (C=O) groups is 1. The molecule has 15 heavy (non-hydrogen) atoms. The summed E-state index contributed by atoms with van der Waals surface area (Å²) in [6, 6.07) is 0. The predicted molar refractivity (Wildman–Crippen MR) is 57.8 cm³/mol. The van der Waals surface area contributed by atoms with Gasteiger partial charge in [-0.1, -0.05) is 6.92 Å². The van der Waals surface area contributed by atoms with Gasteiger partial charge in [0, 0.05) is 24.7 Å². The van der Waals surface area contributed by atoms with Crippen LogP contribution in [0.2, 0.25) is 0 Å². The summed E-state index contributed by atoms with van der Waals surface area (Å²) in [6.07, 6.45) is 6.19. The van der Waals surface area contributed by atoms with Crippen LogP contribution in [0.15, 0.2) is 12.4 Å². The molecule has 0 radical (unpaired) electrons. The molecule has 1 aromatic rings. The first kappa shape index (κ1) is 10.4. The Bertz CT molecular complexity index is 339. The van der Waals surface area contributed by atoms with E-state index in [0.717, 1.165) is 38.2 Å². The number of nitrogens with zero attached hydrogens (tertiary/aromatic N) is 2. The molecular weight excluding hydrogens is 190 g/mol. The van der Waals surface area contributed by atoms with Crippen molar-refractivity contribution in [2.24, 2.45) is 5.92 Å². The fraction of sp³-hybridized carbons (Fsp3) is 0.636. The van der Waals surface area contributed by atoms with Crippen LogP contribution in [0.4, 0.5) is 0 Å². The van der Waals surface area contributed by atoms with Gasteiger partial charge < -0.3 is 5.32 Å². The molecule has 1 aromatic heterocycles. The number of rotatable bonds is 2. The Hall–Kier alpha value is -1.16. The zero-order valence-corrected chi connectivity index (χ0v) is 9.07. The molecule has 0 atom stereocenters. The second-order valence-electron chi connectivity index (χ2n) is 3.93. The Morgan fingerprint density at radius 2 is 2.33 bits per heavy atom. The van der Waals surface area contributed by atoms with Crippen molar-refractivity contribution in [3.63, 3.8) is 0 Å². The minimum atomic E-state index is 0.172. The molecule has 0 aliphatic carbocycles. The van der Waals surface area contributed by atoms with Crippen LogP contribution in [0.5, 0.6) is 0 Å². The van der Waals surface area contributed by atoms with Crippen molar-refractivity contribution in [1.29, 1.82) is 0 Å². The first-order chi connectivity index (χ1) is 7.33. The number of aryl methyl sites for hydroxylation is 1. The van der Waals surface area contributed by atoms with E-state index in [1.54, 1.807) is 17.0 Å². The Kier molecular flexibility index (Phi) is 3.16. The minimum Gasteiger partial charge on any atom is -0.317 e. The van der Waals surface area contributed by atoms with E-state index in [2.05, 4.69) is 10.3 Å². The molecule has 0 amide bonds. The summed E-state index contributed by atoms with van der Waals surface area (Å²) in [6.45, 7) is 3.92. The quantitative estimate of drug-likeness (QED) is 0.789. The van der Waals surface area contributed by atoms with Gasteiger partial charge in [-0.3, -0.25) is 9.36 Å². The highest BCUT2D eigenvalue weighted by atomic mass is 16.2. The Balaban J connectivity index is 2.12. The number of hydrogen-bond donors (Lipinski definition) is 1. The summed E-state index contributed by atoms with van der Waals surface area (Å²) in [5, 5.41) is 3.27. The third kappa shape index (κ3) is 2.09. The maximum absolute atomic E-state index is 12.1. The Morgan fingerprint density at radius 1 is 1.60 bits per heavy atom. The highest BCUT2D eigenvalue weighted by Crippen LogP contribution is 2.15. The van der Waals surface area contributed by atoms with Crippen molar-refractivity contribution in [3.8, 4) is 0 Å². The number of aromatic nitrogens is 2. The standard InChI is InChI=1S/C11H17N3O/c1-2-10-13-7-8-14(10)11(15)9-3-5-12-6-4-9/h7-9,12H,2-6H2,1H3. The number of nitrogens with one attached hydrogen (secondary N) is 1. The molecule has 0 unspecified atom stereocenters. The average Bonchev–Trinajstić information content (AvgIpc) is 2.77. The lowest BCUT2D eigenvalue weighted by Gasteiger charge is -2.21. The lowest BCUT2D eigenvalue weighted by Crippen LogP contribution is -2.34. The zero-order chi connectivity index (χ0) is 10.7. The summed E-state index contributed by atoms with van der Waals surface area (Å²) in [7, 11) is 0. The first-order valence-electron chi connectivity index (χ1n) is 5.60. The van der Waals surface area contributed by atoms with Crippen LogP contribution in [0.25, 0.3) is 0 Å². The molecule has 0 saturated carbocycles. The zero-order valence-electron chi connectivity index (χ0n) is 9.07. The molecule has 4 heteroatoms. The smallest absolute Gasteiger partial charge is 0.235 e. The lowest BCUT2D eigenvalue weighted by atomic mass is 9.97. The van der Waals surface area contributed by atoms with Gasteiger partial charge in [0.2, 0.25) is 5.91 Å². The summed E-state index contributed by atoms with van der Waals surface area (Å²) >= 11 is 0. The van der Waals surface area contributed by atoms with E-state index in [4.69, 9.17) is 0 Å². The van der Waals surface area contributed by atoms with Gasteiger partial charge in [-0.25, -0.2) is 4.98 Å². The number of hydrogen-bond acceptors (Lipinski definition) is 3. The molecule has 1 saturated heterocycles. The van der Waals surface area contributed by atoms with Crippen LogP contribution in [0, 0.1) is 5.92 Å². The molecule has 0 aromatic carbocycles. The highest BCUT2D eigenvalue weighted by molar-refractivity contribution is 5.82. The average molecular weight is 207 g/mol. The van der Waals surface area contributed by atoms with E-state index in [1.807, 2.05) is 6.92 Å². The van der Waals surface area contributed by atoms with Gasteiger partial charge in [-0.05, 0) is 25.9 Å². The second kappa shape index (κ2) is 4.57. The summed E-state index contributed by atoms with van der Waals surface area (Å²) in [5.74, 6) is 1.26. The fourth-order valence-electron chi connectivity index (χ4n) is 2.06.